The second-order valence-corrected chi connectivity index (χ2v) is 3.80. The van der Waals surface area contributed by atoms with Crippen LogP contribution in [0.4, 0.5) is 0 Å². The molecule has 0 aliphatic heterocycles. The maximum atomic E-state index is 10.7. The Balaban J connectivity index is 0. The molecule has 0 aromatic rings. The fraction of sp³-hybridized carbons (Fsp3) is 0.250. The topological polar surface area (TPSA) is 115 Å². The summed E-state index contributed by atoms with van der Waals surface area (Å²) in [7, 11) is 0. The molecule has 3 N–H and O–H groups in total. The van der Waals surface area contributed by atoms with Gasteiger partial charge in [0.25, 0.3) is 0 Å². The van der Waals surface area contributed by atoms with E-state index in [-0.39, 0.29) is 46.3 Å². The predicted octanol–water partition coefficient (Wildman–Crippen LogP) is 0.605. The van der Waals surface area contributed by atoms with Gasteiger partial charge in [-0.1, -0.05) is 0 Å². The van der Waals surface area contributed by atoms with E-state index >= 15 is 0 Å². The molecule has 0 spiro atoms. The second-order valence-electron chi connectivity index (χ2n) is 3.80. The van der Waals surface area contributed by atoms with Crippen LogP contribution in [0.25, 0.3) is 0 Å². The molecule has 7 nitrogen and oxygen atoms in total. The van der Waals surface area contributed by atoms with Crippen molar-refractivity contribution in [3.8, 4) is 0 Å². The van der Waals surface area contributed by atoms with Gasteiger partial charge in [-0.05, 0) is 20.8 Å². The Kier molecular flexibility index (Phi) is 9.70. The van der Waals surface area contributed by atoms with Crippen molar-refractivity contribution in [2.45, 2.75) is 20.8 Å². The maximum absolute atomic E-state index is 10.7. The van der Waals surface area contributed by atoms with Gasteiger partial charge in [-0.2, -0.15) is 0 Å². The average molecular weight is 293 g/mol. The van der Waals surface area contributed by atoms with Gasteiger partial charge in [0.1, 0.15) is 0 Å². The Morgan fingerprint density at radius 3 is 1.05 bits per heavy atom. The van der Waals surface area contributed by atoms with Gasteiger partial charge in [-0.25, -0.2) is 14.4 Å². The van der Waals surface area contributed by atoms with Gasteiger partial charge in [0, 0.05) is 18.6 Å². The summed E-state index contributed by atoms with van der Waals surface area (Å²) in [5.41, 5.74) is -0.198. The van der Waals surface area contributed by atoms with Crippen molar-refractivity contribution < 1.29 is 29.7 Å². The fourth-order valence-corrected chi connectivity index (χ4v) is 0.948. The van der Waals surface area contributed by atoms with Gasteiger partial charge >= 0.3 is 47.5 Å². The quantitative estimate of drug-likeness (QED) is 0.485. The normalized spacial score (nSPS) is 12.4. The molecular formula is C12H16NNaO6. The van der Waals surface area contributed by atoms with E-state index < -0.39 is 17.9 Å². The molecule has 0 rings (SSSR count). The number of carbonyl (C=O) groups is 3. The van der Waals surface area contributed by atoms with E-state index in [0.29, 0.717) is 0 Å². The molecule has 0 unspecified atom stereocenters. The minimum absolute atomic E-state index is 0. The molecule has 0 aliphatic carbocycles. The summed E-state index contributed by atoms with van der Waals surface area (Å²) in [6.45, 7) is 3.93. The first kappa shape index (κ1) is 20.7. The molecule has 0 heterocycles. The molecule has 0 radical (unpaired) electrons. The van der Waals surface area contributed by atoms with Gasteiger partial charge < -0.3 is 20.2 Å². The summed E-state index contributed by atoms with van der Waals surface area (Å²) in [4.78, 5) is 33.2. The van der Waals surface area contributed by atoms with Crippen molar-refractivity contribution in [2.24, 2.45) is 0 Å². The zero-order valence-corrected chi connectivity index (χ0v) is 10.7. The van der Waals surface area contributed by atoms with Crippen LogP contribution in [0.15, 0.2) is 35.3 Å². The number of nitrogens with zero attached hydrogens (tertiary/aromatic N) is 1. The van der Waals surface area contributed by atoms with Crippen LogP contribution in [0.5, 0.6) is 0 Å². The molecule has 0 aliphatic rings. The number of rotatable bonds is 6. The first-order valence-corrected chi connectivity index (χ1v) is 5.17. The van der Waals surface area contributed by atoms with Crippen LogP contribution in [-0.4, -0.2) is 67.7 Å². The molecule has 20 heavy (non-hydrogen) atoms. The van der Waals surface area contributed by atoms with Gasteiger partial charge in [-0.15, -0.1) is 0 Å². The summed E-state index contributed by atoms with van der Waals surface area (Å²) >= 11 is 0. The Bertz CT molecular complexity index is 421. The third-order valence-electron chi connectivity index (χ3n) is 2.04. The molecule has 0 saturated carbocycles. The molecule has 0 atom stereocenters. The Hall–Kier alpha value is -1.57. The number of hydrogen-bond acceptors (Lipinski definition) is 4. The molecule has 0 amide bonds. The van der Waals surface area contributed by atoms with Gasteiger partial charge in [0.15, 0.2) is 0 Å². The van der Waals surface area contributed by atoms with Crippen LogP contribution >= 0.6 is 0 Å². The predicted molar refractivity (Wildman–Crippen MR) is 73.2 cm³/mol. The van der Waals surface area contributed by atoms with Crippen LogP contribution in [0, 0.1) is 0 Å². The summed E-state index contributed by atoms with van der Waals surface area (Å²) in [6, 6.07) is 0. The third-order valence-corrected chi connectivity index (χ3v) is 2.04. The van der Waals surface area contributed by atoms with E-state index in [0.717, 1.165) is 23.5 Å². The Morgan fingerprint density at radius 1 is 0.700 bits per heavy atom. The van der Waals surface area contributed by atoms with Crippen molar-refractivity contribution in [1.82, 2.24) is 4.90 Å². The van der Waals surface area contributed by atoms with Gasteiger partial charge in [-0.3, -0.25) is 0 Å². The number of carboxylic acid groups (broad SMARTS) is 3. The van der Waals surface area contributed by atoms with E-state index in [4.69, 9.17) is 15.3 Å². The van der Waals surface area contributed by atoms with Gasteiger partial charge in [0.05, 0.1) is 16.7 Å². The van der Waals surface area contributed by atoms with Gasteiger partial charge in [0.2, 0.25) is 0 Å². The van der Waals surface area contributed by atoms with E-state index in [1.807, 2.05) is 0 Å². The minimum atomic E-state index is -1.19. The molecule has 0 aromatic heterocycles. The van der Waals surface area contributed by atoms with Crippen LogP contribution in [0.1, 0.15) is 20.8 Å². The number of hydrogen-bond donors (Lipinski definition) is 3. The third kappa shape index (κ3) is 7.78. The first-order chi connectivity index (χ1) is 8.65. The van der Waals surface area contributed by atoms with Crippen molar-refractivity contribution in [1.29, 1.82) is 0 Å². The van der Waals surface area contributed by atoms with Crippen molar-refractivity contribution in [2.75, 3.05) is 0 Å². The zero-order chi connectivity index (χ0) is 15.2. The van der Waals surface area contributed by atoms with Crippen LogP contribution < -0.4 is 0 Å². The van der Waals surface area contributed by atoms with Crippen molar-refractivity contribution in [3.63, 3.8) is 0 Å². The van der Waals surface area contributed by atoms with Crippen LogP contribution in [0.3, 0.4) is 0 Å². The molecule has 0 aromatic carbocycles. The Morgan fingerprint density at radius 2 is 0.900 bits per heavy atom. The summed E-state index contributed by atoms with van der Waals surface area (Å²) < 4.78 is 0. The summed E-state index contributed by atoms with van der Waals surface area (Å²) in [5.74, 6) is -3.56. The van der Waals surface area contributed by atoms with E-state index in [9.17, 15) is 14.4 Å². The molecule has 0 fully saturated rings. The zero-order valence-electron chi connectivity index (χ0n) is 10.7. The SMILES string of the molecule is CC(=CN(C=C(C)C(=O)O)C=C(C)C(=O)O)C(=O)O.[NaH]. The summed E-state index contributed by atoms with van der Waals surface area (Å²) in [5, 5.41) is 26.2. The first-order valence-electron chi connectivity index (χ1n) is 5.17. The standard InChI is InChI=1S/C12H15NO6.Na.H/c1-7(10(14)15)4-13(5-8(2)11(16)17)6-9(3)12(18)19;;/h4-6H,1-3H3,(H,14,15)(H,16,17)(H,18,19);;. The summed E-state index contributed by atoms with van der Waals surface area (Å²) in [6.07, 6.45) is 3.38. The Labute approximate surface area is 138 Å². The molecule has 106 valence electrons. The fourth-order valence-electron chi connectivity index (χ4n) is 0.948. The molecule has 0 saturated heterocycles. The average Bonchev–Trinajstić information content (AvgIpc) is 2.27. The number of carboxylic acids is 3. The van der Waals surface area contributed by atoms with E-state index in [2.05, 4.69) is 0 Å². The second kappa shape index (κ2) is 9.35. The molecule has 8 heteroatoms. The molecular weight excluding hydrogens is 277 g/mol. The van der Waals surface area contributed by atoms with Crippen LogP contribution in [0.2, 0.25) is 0 Å². The van der Waals surface area contributed by atoms with E-state index in [1.54, 1.807) is 0 Å². The van der Waals surface area contributed by atoms with Crippen molar-refractivity contribution in [3.05, 3.63) is 35.3 Å². The van der Waals surface area contributed by atoms with Crippen molar-refractivity contribution >= 4 is 47.5 Å². The monoisotopic (exact) mass is 293 g/mol. The number of aliphatic carboxylic acids is 3. The van der Waals surface area contributed by atoms with E-state index in [1.165, 1.54) is 20.8 Å². The van der Waals surface area contributed by atoms with Crippen LogP contribution in [-0.2, 0) is 14.4 Å². The molecule has 0 bridgehead atoms.